The van der Waals surface area contributed by atoms with Gasteiger partial charge >= 0.3 is 0 Å². The normalized spacial score (nSPS) is 30.2. The number of likely N-dealkylation sites (N-methyl/N-ethyl adjacent to an activating group) is 1. The Morgan fingerprint density at radius 1 is 1.22 bits per heavy atom. The highest BCUT2D eigenvalue weighted by molar-refractivity contribution is 4.98. The summed E-state index contributed by atoms with van der Waals surface area (Å²) in [6, 6.07) is 0.602. The Morgan fingerprint density at radius 3 is 2.00 bits per heavy atom. The SMILES string of the molecule is CCN(C(C)C)C1(CN)CCC(C(C)(C)C)CC1. The van der Waals surface area contributed by atoms with Crippen LogP contribution in [-0.2, 0) is 0 Å². The third-order valence-electron chi connectivity index (χ3n) is 5.09. The van der Waals surface area contributed by atoms with Crippen molar-refractivity contribution in [3.05, 3.63) is 0 Å². The molecule has 1 aliphatic rings. The monoisotopic (exact) mass is 254 g/mol. The smallest absolute Gasteiger partial charge is 0.0334 e. The second-order valence-corrected chi connectivity index (χ2v) is 7.45. The number of rotatable bonds is 4. The first-order valence-corrected chi connectivity index (χ1v) is 7.73. The van der Waals surface area contributed by atoms with Crippen molar-refractivity contribution in [1.82, 2.24) is 4.90 Å². The predicted octanol–water partition coefficient (Wildman–Crippen LogP) is 3.65. The van der Waals surface area contributed by atoms with E-state index in [2.05, 4.69) is 46.4 Å². The molecule has 0 heterocycles. The van der Waals surface area contributed by atoms with Gasteiger partial charge in [-0.1, -0.05) is 27.7 Å². The number of nitrogens with zero attached hydrogens (tertiary/aromatic N) is 1. The van der Waals surface area contributed by atoms with E-state index in [9.17, 15) is 0 Å². The average molecular weight is 254 g/mol. The van der Waals surface area contributed by atoms with Crippen molar-refractivity contribution < 1.29 is 0 Å². The van der Waals surface area contributed by atoms with E-state index in [1.54, 1.807) is 0 Å². The Morgan fingerprint density at radius 2 is 1.72 bits per heavy atom. The van der Waals surface area contributed by atoms with Crippen molar-refractivity contribution in [3.63, 3.8) is 0 Å². The van der Waals surface area contributed by atoms with E-state index in [0.717, 1.165) is 19.0 Å². The second kappa shape index (κ2) is 5.92. The Hall–Kier alpha value is -0.0800. The van der Waals surface area contributed by atoms with E-state index in [-0.39, 0.29) is 5.54 Å². The molecule has 0 spiro atoms. The molecule has 0 amide bonds. The Balaban J connectivity index is 2.76. The van der Waals surface area contributed by atoms with Crippen LogP contribution < -0.4 is 5.73 Å². The van der Waals surface area contributed by atoms with E-state index >= 15 is 0 Å². The van der Waals surface area contributed by atoms with Gasteiger partial charge in [-0.2, -0.15) is 0 Å². The molecule has 0 aliphatic heterocycles. The zero-order chi connectivity index (χ0) is 14.0. The molecule has 1 fully saturated rings. The average Bonchev–Trinajstić information content (AvgIpc) is 2.28. The molecular formula is C16H34N2. The van der Waals surface area contributed by atoms with Crippen LogP contribution in [-0.4, -0.2) is 29.6 Å². The summed E-state index contributed by atoms with van der Waals surface area (Å²) >= 11 is 0. The molecule has 0 aromatic heterocycles. The van der Waals surface area contributed by atoms with Crippen LogP contribution in [0.2, 0.25) is 0 Å². The molecule has 2 N–H and O–H groups in total. The lowest BCUT2D eigenvalue weighted by Crippen LogP contribution is -2.58. The molecule has 1 saturated carbocycles. The van der Waals surface area contributed by atoms with E-state index < -0.39 is 0 Å². The summed E-state index contributed by atoms with van der Waals surface area (Å²) in [5, 5.41) is 0. The molecule has 108 valence electrons. The van der Waals surface area contributed by atoms with Crippen LogP contribution >= 0.6 is 0 Å². The minimum atomic E-state index is 0.269. The van der Waals surface area contributed by atoms with Gasteiger partial charge in [0.1, 0.15) is 0 Å². The molecule has 0 atom stereocenters. The van der Waals surface area contributed by atoms with Crippen molar-refractivity contribution in [2.24, 2.45) is 17.1 Å². The quantitative estimate of drug-likeness (QED) is 0.830. The van der Waals surface area contributed by atoms with Crippen molar-refractivity contribution in [2.45, 2.75) is 78.8 Å². The first-order valence-electron chi connectivity index (χ1n) is 7.73. The zero-order valence-corrected chi connectivity index (χ0v) is 13.4. The molecule has 0 aromatic carbocycles. The summed E-state index contributed by atoms with van der Waals surface area (Å²) in [5.74, 6) is 0.864. The first-order chi connectivity index (χ1) is 8.27. The molecule has 18 heavy (non-hydrogen) atoms. The minimum Gasteiger partial charge on any atom is -0.329 e. The molecule has 0 bridgehead atoms. The van der Waals surface area contributed by atoms with Crippen LogP contribution in [0.4, 0.5) is 0 Å². The van der Waals surface area contributed by atoms with Crippen LogP contribution in [0.5, 0.6) is 0 Å². The van der Waals surface area contributed by atoms with Gasteiger partial charge in [0.2, 0.25) is 0 Å². The Kier molecular flexibility index (Phi) is 5.25. The van der Waals surface area contributed by atoms with Crippen molar-refractivity contribution in [1.29, 1.82) is 0 Å². The van der Waals surface area contributed by atoms with Crippen molar-refractivity contribution >= 4 is 0 Å². The highest BCUT2D eigenvalue weighted by Gasteiger charge is 2.41. The third-order valence-corrected chi connectivity index (χ3v) is 5.09. The third kappa shape index (κ3) is 3.27. The molecule has 2 heteroatoms. The van der Waals surface area contributed by atoms with Gasteiger partial charge in [-0.25, -0.2) is 0 Å². The second-order valence-electron chi connectivity index (χ2n) is 7.45. The van der Waals surface area contributed by atoms with E-state index in [4.69, 9.17) is 5.73 Å². The molecule has 2 nitrogen and oxygen atoms in total. The highest BCUT2D eigenvalue weighted by Crippen LogP contribution is 2.43. The van der Waals surface area contributed by atoms with E-state index in [1.165, 1.54) is 25.7 Å². The van der Waals surface area contributed by atoms with Crippen LogP contribution in [0.1, 0.15) is 67.2 Å². The highest BCUT2D eigenvalue weighted by atomic mass is 15.2. The number of nitrogens with two attached hydrogens (primary N) is 1. The van der Waals surface area contributed by atoms with E-state index in [0.29, 0.717) is 11.5 Å². The molecule has 0 radical (unpaired) electrons. The van der Waals surface area contributed by atoms with E-state index in [1.807, 2.05) is 0 Å². The molecule has 0 unspecified atom stereocenters. The lowest BCUT2D eigenvalue weighted by atomic mass is 9.66. The summed E-state index contributed by atoms with van der Waals surface area (Å²) < 4.78 is 0. The standard InChI is InChI=1S/C16H34N2/c1-7-18(13(2)3)16(12-17)10-8-14(9-11-16)15(4,5)6/h13-14H,7-12,17H2,1-6H3. The minimum absolute atomic E-state index is 0.269. The van der Waals surface area contributed by atoms with Gasteiger partial charge in [0.05, 0.1) is 0 Å². The van der Waals surface area contributed by atoms with Gasteiger partial charge in [0.15, 0.2) is 0 Å². The first kappa shape index (κ1) is 16.0. The summed E-state index contributed by atoms with van der Waals surface area (Å²) in [5.41, 5.74) is 6.89. The Bertz CT molecular complexity index is 244. The van der Waals surface area contributed by atoms with Gasteiger partial charge < -0.3 is 5.73 Å². The summed E-state index contributed by atoms with van der Waals surface area (Å²) in [6.45, 7) is 16.0. The maximum atomic E-state index is 6.17. The number of hydrogen-bond donors (Lipinski definition) is 1. The maximum Gasteiger partial charge on any atom is 0.0334 e. The lowest BCUT2D eigenvalue weighted by Gasteiger charge is -2.51. The molecule has 0 aromatic rings. The van der Waals surface area contributed by atoms with Crippen LogP contribution in [0, 0.1) is 11.3 Å². The van der Waals surface area contributed by atoms with Crippen molar-refractivity contribution in [2.75, 3.05) is 13.1 Å². The van der Waals surface area contributed by atoms with Crippen LogP contribution in [0.3, 0.4) is 0 Å². The van der Waals surface area contributed by atoms with Gasteiger partial charge in [0.25, 0.3) is 0 Å². The largest absolute Gasteiger partial charge is 0.329 e. The van der Waals surface area contributed by atoms with Gasteiger partial charge in [0, 0.05) is 18.1 Å². The van der Waals surface area contributed by atoms with Crippen LogP contribution in [0.25, 0.3) is 0 Å². The van der Waals surface area contributed by atoms with Crippen LogP contribution in [0.15, 0.2) is 0 Å². The maximum absolute atomic E-state index is 6.17. The molecule has 1 aliphatic carbocycles. The molecule has 1 rings (SSSR count). The fourth-order valence-corrected chi connectivity index (χ4v) is 3.88. The summed E-state index contributed by atoms with van der Waals surface area (Å²) in [6.07, 6.45) is 5.22. The fraction of sp³-hybridized carbons (Fsp3) is 1.00. The molecular weight excluding hydrogens is 220 g/mol. The lowest BCUT2D eigenvalue weighted by molar-refractivity contribution is 0.00507. The summed E-state index contributed by atoms with van der Waals surface area (Å²) in [7, 11) is 0. The van der Waals surface area contributed by atoms with Gasteiger partial charge in [-0.15, -0.1) is 0 Å². The Labute approximate surface area is 114 Å². The topological polar surface area (TPSA) is 29.3 Å². The predicted molar refractivity (Wildman–Crippen MR) is 80.7 cm³/mol. The number of hydrogen-bond acceptors (Lipinski definition) is 2. The van der Waals surface area contributed by atoms with Crippen molar-refractivity contribution in [3.8, 4) is 0 Å². The summed E-state index contributed by atoms with van der Waals surface area (Å²) in [4.78, 5) is 2.63. The molecule has 0 saturated heterocycles. The van der Waals surface area contributed by atoms with Gasteiger partial charge in [-0.3, -0.25) is 4.90 Å². The fourth-order valence-electron chi connectivity index (χ4n) is 3.88. The zero-order valence-electron chi connectivity index (χ0n) is 13.4. The van der Waals surface area contributed by atoms with Gasteiger partial charge in [-0.05, 0) is 57.4 Å².